The minimum Gasteiger partial charge on any atom is -0.157 e. The molecule has 0 aliphatic rings. The summed E-state index contributed by atoms with van der Waals surface area (Å²) in [5, 5.41) is 3.90. The Morgan fingerprint density at radius 2 is 1.12 bits per heavy atom. The van der Waals surface area contributed by atoms with Gasteiger partial charge in [-0.15, -0.1) is 0 Å². The molecule has 3 nitrogen and oxygen atoms in total. The molecule has 4 heteroatoms. The van der Waals surface area contributed by atoms with Gasteiger partial charge in [0.25, 0.3) is 5.69 Å². The van der Waals surface area contributed by atoms with Crippen molar-refractivity contribution in [2.45, 2.75) is 4.90 Å². The Balaban J connectivity index is 1.72. The minimum atomic E-state index is -3.75. The van der Waals surface area contributed by atoms with Crippen molar-refractivity contribution in [3.63, 3.8) is 0 Å². The molecule has 0 aliphatic carbocycles. The van der Waals surface area contributed by atoms with Crippen molar-refractivity contribution >= 4 is 37.3 Å². The molecule has 0 heterocycles. The first kappa shape index (κ1) is 14.9. The number of hydrogen-bond acceptors (Lipinski definition) is 2. The van der Waals surface area contributed by atoms with Gasteiger partial charge >= 0.3 is 10.0 Å². The highest BCUT2D eigenvalue weighted by molar-refractivity contribution is 7.89. The number of nitrogens with zero attached hydrogens (tertiary/aromatic N) is 1. The molecule has 0 fully saturated rings. The first-order valence-electron chi connectivity index (χ1n) is 7.57. The molecule has 24 heavy (non-hydrogen) atoms. The third-order valence-electron chi connectivity index (χ3n) is 3.98. The van der Waals surface area contributed by atoms with Crippen LogP contribution in [0, 0.1) is 0 Å². The molecule has 0 unspecified atom stereocenters. The van der Waals surface area contributed by atoms with E-state index in [2.05, 4.69) is 4.72 Å². The summed E-state index contributed by atoms with van der Waals surface area (Å²) < 4.78 is 29.2. The number of hydrogen-bond donors (Lipinski definition) is 0. The first-order chi connectivity index (χ1) is 11.6. The SMILES string of the molecule is O=S(=O)([N+]c1ccc2ccccc2c1)c1ccc2ccccc2c1. The van der Waals surface area contributed by atoms with Crippen LogP contribution >= 0.6 is 0 Å². The molecule has 0 aliphatic heterocycles. The summed E-state index contributed by atoms with van der Waals surface area (Å²) in [4.78, 5) is 0.203. The lowest BCUT2D eigenvalue weighted by molar-refractivity contribution is 0.590. The summed E-state index contributed by atoms with van der Waals surface area (Å²) in [5.41, 5.74) is 0.432. The van der Waals surface area contributed by atoms with Crippen LogP contribution in [0.3, 0.4) is 0 Å². The lowest BCUT2D eigenvalue weighted by Gasteiger charge is -1.99. The van der Waals surface area contributed by atoms with Crippen molar-refractivity contribution in [1.82, 2.24) is 4.72 Å². The van der Waals surface area contributed by atoms with Crippen LogP contribution in [-0.4, -0.2) is 8.42 Å². The van der Waals surface area contributed by atoms with E-state index in [9.17, 15) is 8.42 Å². The van der Waals surface area contributed by atoms with E-state index >= 15 is 0 Å². The van der Waals surface area contributed by atoms with Crippen molar-refractivity contribution in [3.05, 3.63) is 84.9 Å². The van der Waals surface area contributed by atoms with E-state index in [0.29, 0.717) is 5.69 Å². The largest absolute Gasteiger partial charge is 0.434 e. The van der Waals surface area contributed by atoms with Crippen LogP contribution in [0.25, 0.3) is 21.5 Å². The van der Waals surface area contributed by atoms with Gasteiger partial charge in [0.1, 0.15) is 4.90 Å². The van der Waals surface area contributed by atoms with Gasteiger partial charge in [0.15, 0.2) is 0 Å². The Labute approximate surface area is 140 Å². The molecule has 116 valence electrons. The van der Waals surface area contributed by atoms with Crippen LogP contribution in [0.5, 0.6) is 0 Å². The maximum Gasteiger partial charge on any atom is 0.434 e. The molecule has 4 aromatic carbocycles. The quantitative estimate of drug-likeness (QED) is 0.550. The van der Waals surface area contributed by atoms with Gasteiger partial charge in [-0.05, 0) is 39.7 Å². The smallest absolute Gasteiger partial charge is 0.157 e. The van der Waals surface area contributed by atoms with Crippen molar-refractivity contribution in [1.29, 1.82) is 0 Å². The standard InChI is InChI=1S/C20H14NO2S/c22-24(23,20-12-10-16-6-2-4-8-18(16)14-20)21-19-11-9-15-5-1-3-7-17(15)13-19/h1-14H/q+1. The molecule has 0 aromatic heterocycles. The van der Waals surface area contributed by atoms with E-state index < -0.39 is 10.0 Å². The van der Waals surface area contributed by atoms with E-state index in [4.69, 9.17) is 0 Å². The van der Waals surface area contributed by atoms with Gasteiger partial charge in [-0.1, -0.05) is 54.6 Å². The lowest BCUT2D eigenvalue weighted by Crippen LogP contribution is -2.11. The number of benzene rings is 4. The topological polar surface area (TPSA) is 48.2 Å². The lowest BCUT2D eigenvalue weighted by atomic mass is 10.1. The summed E-state index contributed by atoms with van der Waals surface area (Å²) in [6.07, 6.45) is 0. The highest BCUT2D eigenvalue weighted by Crippen LogP contribution is 2.24. The second kappa shape index (κ2) is 5.74. The van der Waals surface area contributed by atoms with Crippen LogP contribution in [-0.2, 0) is 10.0 Å². The summed E-state index contributed by atoms with van der Waals surface area (Å²) in [7, 11) is -3.75. The molecule has 0 spiro atoms. The van der Waals surface area contributed by atoms with Crippen LogP contribution in [0.4, 0.5) is 5.69 Å². The molecule has 0 bridgehead atoms. The fourth-order valence-corrected chi connectivity index (χ4v) is 3.77. The normalized spacial score (nSPS) is 11.8. The third kappa shape index (κ3) is 2.77. The summed E-state index contributed by atoms with van der Waals surface area (Å²) >= 11 is 0. The molecule has 0 saturated carbocycles. The Kier molecular flexibility index (Phi) is 3.56. The van der Waals surface area contributed by atoms with Crippen molar-refractivity contribution < 1.29 is 8.42 Å². The number of fused-ring (bicyclic) bond motifs is 2. The molecular formula is C20H14NO2S+. The summed E-state index contributed by atoms with van der Waals surface area (Å²) in [6, 6.07) is 25.9. The van der Waals surface area contributed by atoms with Gasteiger partial charge in [-0.3, -0.25) is 0 Å². The van der Waals surface area contributed by atoms with Crippen LogP contribution in [0.15, 0.2) is 89.8 Å². The predicted molar refractivity (Wildman–Crippen MR) is 96.9 cm³/mol. The molecular weight excluding hydrogens is 318 g/mol. The van der Waals surface area contributed by atoms with E-state index in [-0.39, 0.29) is 4.90 Å². The third-order valence-corrected chi connectivity index (χ3v) is 5.28. The van der Waals surface area contributed by atoms with Crippen molar-refractivity contribution in [3.8, 4) is 0 Å². The Morgan fingerprint density at radius 1 is 0.583 bits per heavy atom. The molecule has 0 amide bonds. The van der Waals surface area contributed by atoms with Gasteiger partial charge in [0.2, 0.25) is 4.72 Å². The second-order valence-corrected chi connectivity index (χ2v) is 7.21. The number of rotatable bonds is 3. The maximum atomic E-state index is 12.6. The molecule has 4 aromatic rings. The van der Waals surface area contributed by atoms with Gasteiger partial charge in [0, 0.05) is 12.1 Å². The first-order valence-corrected chi connectivity index (χ1v) is 9.01. The zero-order chi connectivity index (χ0) is 16.6. The molecule has 2 radical (unpaired) electrons. The zero-order valence-corrected chi connectivity index (χ0v) is 13.6. The summed E-state index contributed by atoms with van der Waals surface area (Å²) in [5.74, 6) is 0. The average Bonchev–Trinajstić information content (AvgIpc) is 2.61. The summed E-state index contributed by atoms with van der Waals surface area (Å²) in [6.45, 7) is 0. The molecule has 0 N–H and O–H groups in total. The zero-order valence-electron chi connectivity index (χ0n) is 12.8. The van der Waals surface area contributed by atoms with E-state index in [0.717, 1.165) is 21.5 Å². The molecule has 0 atom stereocenters. The van der Waals surface area contributed by atoms with Gasteiger partial charge in [0.05, 0.1) is 0 Å². The van der Waals surface area contributed by atoms with E-state index in [1.165, 1.54) is 0 Å². The van der Waals surface area contributed by atoms with Crippen molar-refractivity contribution in [2.24, 2.45) is 0 Å². The van der Waals surface area contributed by atoms with Gasteiger partial charge < -0.3 is 0 Å². The Hall–Kier alpha value is -2.69. The van der Waals surface area contributed by atoms with Crippen LogP contribution in [0.2, 0.25) is 0 Å². The van der Waals surface area contributed by atoms with E-state index in [1.54, 1.807) is 30.3 Å². The van der Waals surface area contributed by atoms with Gasteiger partial charge in [-0.25, -0.2) is 0 Å². The average molecular weight is 332 g/mol. The minimum absolute atomic E-state index is 0.203. The van der Waals surface area contributed by atoms with Gasteiger partial charge in [-0.2, -0.15) is 8.42 Å². The number of sulfonamides is 1. The predicted octanol–water partition coefficient (Wildman–Crippen LogP) is 4.62. The molecule has 4 rings (SSSR count). The molecule has 0 saturated heterocycles. The fourth-order valence-electron chi connectivity index (χ4n) is 2.75. The van der Waals surface area contributed by atoms with Crippen LogP contribution < -0.4 is 4.72 Å². The van der Waals surface area contributed by atoms with Crippen molar-refractivity contribution in [2.75, 3.05) is 0 Å². The Morgan fingerprint density at radius 3 is 1.79 bits per heavy atom. The maximum absolute atomic E-state index is 12.6. The highest BCUT2D eigenvalue weighted by Gasteiger charge is 2.31. The fraction of sp³-hybridized carbons (Fsp3) is 0. The highest BCUT2D eigenvalue weighted by atomic mass is 32.2. The van der Waals surface area contributed by atoms with E-state index in [1.807, 2.05) is 54.6 Å². The monoisotopic (exact) mass is 332 g/mol. The Bertz CT molecular complexity index is 1150. The van der Waals surface area contributed by atoms with Crippen LogP contribution in [0.1, 0.15) is 0 Å². The second-order valence-electron chi connectivity index (χ2n) is 5.61.